The van der Waals surface area contributed by atoms with E-state index < -0.39 is 0 Å². The molecule has 4 nitrogen and oxygen atoms in total. The van der Waals surface area contributed by atoms with Gasteiger partial charge < -0.3 is 10.4 Å². The Kier molecular flexibility index (Phi) is 5.42. The third-order valence-electron chi connectivity index (χ3n) is 2.22. The standard InChI is InChI=1S/C11H15BrN2O2/c1-2-9(15)4-6-14-11(16)8-3-5-13-10(12)7-8/h3,5,7,9,15H,2,4,6H2,1H3,(H,14,16). The number of halogens is 1. The fraction of sp³-hybridized carbons (Fsp3) is 0.455. The lowest BCUT2D eigenvalue weighted by atomic mass is 10.2. The summed E-state index contributed by atoms with van der Waals surface area (Å²) in [6.45, 7) is 2.39. The monoisotopic (exact) mass is 286 g/mol. The van der Waals surface area contributed by atoms with E-state index in [2.05, 4.69) is 26.2 Å². The van der Waals surface area contributed by atoms with Gasteiger partial charge in [-0.3, -0.25) is 4.79 Å². The second-order valence-corrected chi connectivity index (χ2v) is 4.29. The molecule has 88 valence electrons. The van der Waals surface area contributed by atoms with Gasteiger partial charge in [0.15, 0.2) is 0 Å². The first-order valence-corrected chi connectivity index (χ1v) is 6.00. The predicted octanol–water partition coefficient (Wildman–Crippen LogP) is 1.73. The van der Waals surface area contributed by atoms with Crippen molar-refractivity contribution in [2.45, 2.75) is 25.9 Å². The smallest absolute Gasteiger partial charge is 0.251 e. The van der Waals surface area contributed by atoms with E-state index in [1.165, 1.54) is 0 Å². The van der Waals surface area contributed by atoms with Gasteiger partial charge in [-0.05, 0) is 40.9 Å². The SMILES string of the molecule is CCC(O)CCNC(=O)c1ccnc(Br)c1. The van der Waals surface area contributed by atoms with Gasteiger partial charge in [0.25, 0.3) is 5.91 Å². The second kappa shape index (κ2) is 6.60. The van der Waals surface area contributed by atoms with Gasteiger partial charge in [-0.2, -0.15) is 0 Å². The van der Waals surface area contributed by atoms with Crippen LogP contribution in [0.4, 0.5) is 0 Å². The van der Waals surface area contributed by atoms with Crippen molar-refractivity contribution >= 4 is 21.8 Å². The number of hydrogen-bond donors (Lipinski definition) is 2. The number of aliphatic hydroxyl groups excluding tert-OH is 1. The van der Waals surface area contributed by atoms with Crippen LogP contribution in [0.3, 0.4) is 0 Å². The maximum atomic E-state index is 11.6. The molecule has 5 heteroatoms. The van der Waals surface area contributed by atoms with Crippen LogP contribution in [-0.2, 0) is 0 Å². The summed E-state index contributed by atoms with van der Waals surface area (Å²) < 4.78 is 0.633. The normalized spacial score (nSPS) is 12.2. The highest BCUT2D eigenvalue weighted by atomic mass is 79.9. The van der Waals surface area contributed by atoms with E-state index in [-0.39, 0.29) is 12.0 Å². The van der Waals surface area contributed by atoms with E-state index in [1.54, 1.807) is 18.3 Å². The molecule has 1 aromatic rings. The van der Waals surface area contributed by atoms with Gasteiger partial charge >= 0.3 is 0 Å². The molecule has 0 aliphatic carbocycles. The third kappa shape index (κ3) is 4.28. The molecule has 16 heavy (non-hydrogen) atoms. The van der Waals surface area contributed by atoms with Crippen LogP contribution in [0.5, 0.6) is 0 Å². The molecule has 0 saturated carbocycles. The first kappa shape index (κ1) is 13.1. The minimum absolute atomic E-state index is 0.147. The molecule has 1 amide bonds. The van der Waals surface area contributed by atoms with Gasteiger partial charge in [-0.1, -0.05) is 6.92 Å². The quantitative estimate of drug-likeness (QED) is 0.811. The van der Waals surface area contributed by atoms with Gasteiger partial charge in [-0.15, -0.1) is 0 Å². The Labute approximate surface area is 103 Å². The van der Waals surface area contributed by atoms with Crippen LogP contribution in [0.25, 0.3) is 0 Å². The summed E-state index contributed by atoms with van der Waals surface area (Å²) in [6, 6.07) is 3.31. The van der Waals surface area contributed by atoms with Gasteiger partial charge in [-0.25, -0.2) is 4.98 Å². The van der Waals surface area contributed by atoms with Crippen molar-refractivity contribution in [3.8, 4) is 0 Å². The summed E-state index contributed by atoms with van der Waals surface area (Å²) in [5.74, 6) is -0.147. The van der Waals surface area contributed by atoms with Crippen LogP contribution < -0.4 is 5.32 Å². The minimum atomic E-state index is -0.343. The molecular formula is C11H15BrN2O2. The maximum absolute atomic E-state index is 11.6. The molecule has 2 N–H and O–H groups in total. The summed E-state index contributed by atoms with van der Waals surface area (Å²) in [5, 5.41) is 12.1. The lowest BCUT2D eigenvalue weighted by Crippen LogP contribution is -2.27. The minimum Gasteiger partial charge on any atom is -0.393 e. The van der Waals surface area contributed by atoms with Gasteiger partial charge in [0.2, 0.25) is 0 Å². The van der Waals surface area contributed by atoms with E-state index in [0.29, 0.717) is 29.6 Å². The lowest BCUT2D eigenvalue weighted by Gasteiger charge is -2.08. The second-order valence-electron chi connectivity index (χ2n) is 3.47. The Bertz CT molecular complexity index is 358. The van der Waals surface area contributed by atoms with Crippen LogP contribution >= 0.6 is 15.9 Å². The largest absolute Gasteiger partial charge is 0.393 e. The molecule has 0 fully saturated rings. The molecule has 0 saturated heterocycles. The molecule has 0 bridgehead atoms. The van der Waals surface area contributed by atoms with Crippen molar-refractivity contribution in [2.24, 2.45) is 0 Å². The van der Waals surface area contributed by atoms with Crippen LogP contribution in [0.1, 0.15) is 30.1 Å². The first-order chi connectivity index (χ1) is 7.63. The van der Waals surface area contributed by atoms with Crippen LogP contribution in [0, 0.1) is 0 Å². The highest BCUT2D eigenvalue weighted by molar-refractivity contribution is 9.10. The Hall–Kier alpha value is -0.940. The molecule has 1 heterocycles. The van der Waals surface area contributed by atoms with Crippen molar-refractivity contribution in [1.82, 2.24) is 10.3 Å². The highest BCUT2D eigenvalue weighted by Crippen LogP contribution is 2.07. The third-order valence-corrected chi connectivity index (χ3v) is 2.66. The number of hydrogen-bond acceptors (Lipinski definition) is 3. The maximum Gasteiger partial charge on any atom is 0.251 e. The molecule has 1 atom stereocenters. The summed E-state index contributed by atoms with van der Waals surface area (Å²) in [6.07, 6.45) is 2.51. The fourth-order valence-electron chi connectivity index (χ4n) is 1.20. The molecule has 0 aliphatic heterocycles. The molecule has 0 radical (unpaired) electrons. The number of nitrogens with zero attached hydrogens (tertiary/aromatic N) is 1. The van der Waals surface area contributed by atoms with Gasteiger partial charge in [0.05, 0.1) is 6.10 Å². The highest BCUT2D eigenvalue weighted by Gasteiger charge is 2.06. The number of aromatic nitrogens is 1. The number of aliphatic hydroxyl groups is 1. The Morgan fingerprint density at radius 2 is 2.44 bits per heavy atom. The van der Waals surface area contributed by atoms with E-state index in [4.69, 9.17) is 0 Å². The fourth-order valence-corrected chi connectivity index (χ4v) is 1.57. The average Bonchev–Trinajstić information content (AvgIpc) is 2.28. The Morgan fingerprint density at radius 3 is 3.06 bits per heavy atom. The topological polar surface area (TPSA) is 62.2 Å². The molecule has 0 spiro atoms. The summed E-state index contributed by atoms with van der Waals surface area (Å²) in [4.78, 5) is 15.6. The van der Waals surface area contributed by atoms with Crippen LogP contribution in [0.2, 0.25) is 0 Å². The average molecular weight is 287 g/mol. The van der Waals surface area contributed by atoms with Crippen molar-refractivity contribution in [1.29, 1.82) is 0 Å². The molecular weight excluding hydrogens is 272 g/mol. The molecule has 0 aromatic carbocycles. The molecule has 1 unspecified atom stereocenters. The van der Waals surface area contributed by atoms with E-state index in [0.717, 1.165) is 0 Å². The zero-order valence-corrected chi connectivity index (χ0v) is 10.7. The predicted molar refractivity (Wildman–Crippen MR) is 65.2 cm³/mol. The zero-order chi connectivity index (χ0) is 12.0. The summed E-state index contributed by atoms with van der Waals surface area (Å²) in [5.41, 5.74) is 0.563. The number of carbonyl (C=O) groups is 1. The van der Waals surface area contributed by atoms with E-state index in [1.807, 2.05) is 6.92 Å². The first-order valence-electron chi connectivity index (χ1n) is 5.21. The number of pyridine rings is 1. The number of nitrogens with one attached hydrogen (secondary N) is 1. The van der Waals surface area contributed by atoms with Crippen molar-refractivity contribution in [3.63, 3.8) is 0 Å². The van der Waals surface area contributed by atoms with Crippen molar-refractivity contribution < 1.29 is 9.90 Å². The lowest BCUT2D eigenvalue weighted by molar-refractivity contribution is 0.0942. The van der Waals surface area contributed by atoms with E-state index >= 15 is 0 Å². The van der Waals surface area contributed by atoms with Crippen LogP contribution in [-0.4, -0.2) is 28.6 Å². The van der Waals surface area contributed by atoms with Crippen LogP contribution in [0.15, 0.2) is 22.9 Å². The summed E-state index contributed by atoms with van der Waals surface area (Å²) in [7, 11) is 0. The number of amides is 1. The van der Waals surface area contributed by atoms with Gasteiger partial charge in [0.1, 0.15) is 4.60 Å². The van der Waals surface area contributed by atoms with Crippen molar-refractivity contribution in [2.75, 3.05) is 6.54 Å². The number of carbonyl (C=O) groups excluding carboxylic acids is 1. The Morgan fingerprint density at radius 1 is 1.69 bits per heavy atom. The van der Waals surface area contributed by atoms with Gasteiger partial charge in [0, 0.05) is 18.3 Å². The zero-order valence-electron chi connectivity index (χ0n) is 9.11. The summed E-state index contributed by atoms with van der Waals surface area (Å²) >= 11 is 3.20. The Balaban J connectivity index is 2.41. The van der Waals surface area contributed by atoms with Crippen molar-refractivity contribution in [3.05, 3.63) is 28.5 Å². The molecule has 1 rings (SSSR count). The van der Waals surface area contributed by atoms with E-state index in [9.17, 15) is 9.90 Å². The molecule has 1 aromatic heterocycles. The number of rotatable bonds is 5. The molecule has 0 aliphatic rings.